The molecule has 1 saturated heterocycles. The van der Waals surface area contributed by atoms with Gasteiger partial charge in [0, 0.05) is 0 Å². The van der Waals surface area contributed by atoms with Gasteiger partial charge in [0.25, 0.3) is 11.8 Å². The molecule has 11 nitrogen and oxygen atoms in total. The summed E-state index contributed by atoms with van der Waals surface area (Å²) in [6, 6.07) is 13.5. The summed E-state index contributed by atoms with van der Waals surface area (Å²) in [6.07, 6.45) is 2.12. The number of nitrogens with one attached hydrogen (secondary N) is 1. The van der Waals surface area contributed by atoms with Crippen molar-refractivity contribution < 1.29 is 41.2 Å². The zero-order valence-electron chi connectivity index (χ0n) is 25.2. The molecule has 0 bridgehead atoms. The van der Waals surface area contributed by atoms with Gasteiger partial charge >= 0.3 is 16.1 Å². The Morgan fingerprint density at radius 3 is 2.22 bits per heavy atom. The summed E-state index contributed by atoms with van der Waals surface area (Å²) < 4.78 is 49.0. The summed E-state index contributed by atoms with van der Waals surface area (Å²) in [4.78, 5) is 39.9. The number of ether oxygens (including phenoxy) is 3. The molecule has 1 fully saturated rings. The maximum absolute atomic E-state index is 13.5. The molecule has 0 atom stereocenters. The first kappa shape index (κ1) is 33.8. The van der Waals surface area contributed by atoms with Gasteiger partial charge < -0.3 is 18.4 Å². The summed E-state index contributed by atoms with van der Waals surface area (Å²) in [6.45, 7) is 8.33. The van der Waals surface area contributed by atoms with Crippen LogP contribution in [0.2, 0.25) is 0 Å². The quantitative estimate of drug-likeness (QED) is 0.102. The van der Waals surface area contributed by atoms with E-state index in [9.17, 15) is 22.8 Å². The Bertz CT molecular complexity index is 1740. The van der Waals surface area contributed by atoms with Crippen molar-refractivity contribution in [1.82, 2.24) is 10.2 Å². The fraction of sp³-hybridized carbons (Fsp3) is 0.281. The van der Waals surface area contributed by atoms with Crippen molar-refractivity contribution in [3.8, 4) is 23.0 Å². The topological polar surface area (TPSA) is 138 Å². The third kappa shape index (κ3) is 8.14. The molecule has 4 amide bonds. The Labute approximate surface area is 275 Å². The van der Waals surface area contributed by atoms with Crippen molar-refractivity contribution in [1.29, 1.82) is 0 Å². The van der Waals surface area contributed by atoms with Gasteiger partial charge in [0.1, 0.15) is 10.5 Å². The number of carbonyl (C=O) groups is 3. The van der Waals surface area contributed by atoms with Crippen LogP contribution in [0.25, 0.3) is 6.08 Å². The maximum Gasteiger partial charge on any atom is 0.339 e. The number of nitrogens with zero attached hydrogens (tertiary/aromatic N) is 1. The summed E-state index contributed by atoms with van der Waals surface area (Å²) in [5.74, 6) is -0.584. The highest BCUT2D eigenvalue weighted by molar-refractivity contribution is 14.1. The van der Waals surface area contributed by atoms with Gasteiger partial charge in [-0.3, -0.25) is 19.8 Å². The number of halogens is 1. The number of aryl methyl sites for hydroxylation is 1. The maximum atomic E-state index is 13.5. The minimum Gasteiger partial charge on any atom is -0.490 e. The lowest BCUT2D eigenvalue weighted by molar-refractivity contribution is -0.130. The molecule has 0 saturated carbocycles. The Hall–Kier alpha value is -4.11. The van der Waals surface area contributed by atoms with E-state index in [0.717, 1.165) is 16.9 Å². The van der Waals surface area contributed by atoms with Crippen molar-refractivity contribution in [2.24, 2.45) is 0 Å². The monoisotopic (exact) mass is 748 g/mol. The Balaban J connectivity index is 1.64. The molecule has 4 rings (SSSR count). The number of hydrogen-bond acceptors (Lipinski definition) is 9. The summed E-state index contributed by atoms with van der Waals surface area (Å²) in [5.41, 5.74) is 1.54. The van der Waals surface area contributed by atoms with Gasteiger partial charge in [0.2, 0.25) is 0 Å². The smallest absolute Gasteiger partial charge is 0.339 e. The Morgan fingerprint density at radius 1 is 0.867 bits per heavy atom. The number of hydrogen-bond donors (Lipinski definition) is 1. The van der Waals surface area contributed by atoms with E-state index in [1.165, 1.54) is 24.3 Å². The van der Waals surface area contributed by atoms with Crippen molar-refractivity contribution in [3.63, 3.8) is 0 Å². The van der Waals surface area contributed by atoms with Crippen molar-refractivity contribution in [3.05, 3.63) is 80.4 Å². The summed E-state index contributed by atoms with van der Waals surface area (Å²) >= 11 is 1.89. The van der Waals surface area contributed by atoms with E-state index in [1.807, 2.05) is 43.4 Å². The third-order valence-electron chi connectivity index (χ3n) is 6.44. The fourth-order valence-corrected chi connectivity index (χ4v) is 6.16. The normalized spacial score (nSPS) is 14.4. The van der Waals surface area contributed by atoms with Crippen LogP contribution in [0.4, 0.5) is 4.79 Å². The molecular weight excluding hydrogens is 715 g/mol. The molecule has 0 radical (unpaired) electrons. The van der Waals surface area contributed by atoms with Gasteiger partial charge in [-0.15, -0.1) is 0 Å². The average molecular weight is 749 g/mol. The van der Waals surface area contributed by atoms with E-state index < -0.39 is 28.0 Å². The number of imide groups is 2. The SMILES string of the molecule is CCCOc1ccc(CN2C(=O)NC(=O)/C(=C\c3cc(I)c(OS(=O)(=O)c4ccc(C)cc4)c(OCC)c3)C2=O)cc1OCC. The van der Waals surface area contributed by atoms with Gasteiger partial charge in [-0.05, 0) is 103 Å². The van der Waals surface area contributed by atoms with Gasteiger partial charge in [0.15, 0.2) is 23.0 Å². The second-order valence-corrected chi connectivity index (χ2v) is 12.6. The zero-order chi connectivity index (χ0) is 32.7. The lowest BCUT2D eigenvalue weighted by Crippen LogP contribution is -2.53. The predicted molar refractivity (Wildman–Crippen MR) is 175 cm³/mol. The molecule has 0 unspecified atom stereocenters. The van der Waals surface area contributed by atoms with Gasteiger partial charge in [0.05, 0.1) is 29.9 Å². The molecule has 1 heterocycles. The molecule has 1 aliphatic rings. The molecule has 238 valence electrons. The van der Waals surface area contributed by atoms with Crippen LogP contribution in [0, 0.1) is 10.5 Å². The first-order valence-corrected chi connectivity index (χ1v) is 16.7. The first-order chi connectivity index (χ1) is 21.5. The molecular formula is C32H33IN2O9S. The second-order valence-electron chi connectivity index (χ2n) is 9.88. The highest BCUT2D eigenvalue weighted by Crippen LogP contribution is 2.37. The van der Waals surface area contributed by atoms with E-state index in [1.54, 1.807) is 43.3 Å². The Kier molecular flexibility index (Phi) is 11.1. The van der Waals surface area contributed by atoms with Gasteiger partial charge in [-0.2, -0.15) is 8.42 Å². The number of barbiturate groups is 1. The van der Waals surface area contributed by atoms with E-state index in [2.05, 4.69) is 5.32 Å². The number of amides is 4. The largest absolute Gasteiger partial charge is 0.490 e. The van der Waals surface area contributed by atoms with Crippen LogP contribution in [0.1, 0.15) is 43.9 Å². The lowest BCUT2D eigenvalue weighted by Gasteiger charge is -2.26. The number of benzene rings is 3. The minimum absolute atomic E-state index is 0.0247. The fourth-order valence-electron chi connectivity index (χ4n) is 4.32. The molecule has 13 heteroatoms. The summed E-state index contributed by atoms with van der Waals surface area (Å²) in [5, 5.41) is 2.21. The van der Waals surface area contributed by atoms with Crippen molar-refractivity contribution in [2.45, 2.75) is 45.6 Å². The number of carbonyl (C=O) groups excluding carboxylic acids is 3. The predicted octanol–water partition coefficient (Wildman–Crippen LogP) is 5.62. The summed E-state index contributed by atoms with van der Waals surface area (Å²) in [7, 11) is -4.19. The van der Waals surface area contributed by atoms with E-state index in [4.69, 9.17) is 18.4 Å². The number of rotatable bonds is 13. The molecule has 0 spiro atoms. The highest BCUT2D eigenvalue weighted by atomic mass is 127. The van der Waals surface area contributed by atoms with Crippen molar-refractivity contribution in [2.75, 3.05) is 19.8 Å². The standard InChI is InChI=1S/C32H33IN2O9S/c1-5-14-43-26-13-10-21(17-27(26)41-6-2)19-35-31(37)24(30(36)34-32(35)38)15-22-16-25(33)29(28(18-22)42-7-3)44-45(39,40)23-11-8-20(4)9-12-23/h8-13,15-18H,5-7,14,19H2,1-4H3,(H,34,36,38)/b24-15+. The van der Waals surface area contributed by atoms with Crippen LogP contribution in [0.3, 0.4) is 0 Å². The average Bonchev–Trinajstić information content (AvgIpc) is 2.99. The zero-order valence-corrected chi connectivity index (χ0v) is 28.2. The number of urea groups is 1. The van der Waals surface area contributed by atoms with Crippen LogP contribution < -0.4 is 23.7 Å². The molecule has 0 aliphatic carbocycles. The van der Waals surface area contributed by atoms with Crippen LogP contribution >= 0.6 is 22.6 Å². The van der Waals surface area contributed by atoms with Crippen molar-refractivity contribution >= 4 is 56.6 Å². The van der Waals surface area contributed by atoms with Crippen LogP contribution in [-0.4, -0.2) is 51.0 Å². The Morgan fingerprint density at radius 2 is 1.56 bits per heavy atom. The van der Waals surface area contributed by atoms with Crippen LogP contribution in [-0.2, 0) is 26.3 Å². The molecule has 1 N–H and O–H groups in total. The second kappa shape index (κ2) is 14.8. The van der Waals surface area contributed by atoms with E-state index in [-0.39, 0.29) is 35.1 Å². The van der Waals surface area contributed by atoms with Crippen LogP contribution in [0.5, 0.6) is 23.0 Å². The van der Waals surface area contributed by atoms with E-state index >= 15 is 0 Å². The molecule has 45 heavy (non-hydrogen) atoms. The molecule has 3 aromatic rings. The van der Waals surface area contributed by atoms with E-state index in [0.29, 0.717) is 39.4 Å². The first-order valence-electron chi connectivity index (χ1n) is 14.2. The molecule has 3 aromatic carbocycles. The minimum atomic E-state index is -4.19. The van der Waals surface area contributed by atoms with Gasteiger partial charge in [-0.25, -0.2) is 4.79 Å². The van der Waals surface area contributed by atoms with Gasteiger partial charge in [-0.1, -0.05) is 30.7 Å². The molecule has 1 aliphatic heterocycles. The lowest BCUT2D eigenvalue weighted by atomic mass is 10.1. The third-order valence-corrected chi connectivity index (χ3v) is 8.48. The molecule has 0 aromatic heterocycles. The van der Waals surface area contributed by atoms with Crippen LogP contribution in [0.15, 0.2) is 65.1 Å². The highest BCUT2D eigenvalue weighted by Gasteiger charge is 2.36.